The minimum absolute atomic E-state index is 0.580. The number of fused-ring (bicyclic) bond motifs is 1. The lowest BCUT2D eigenvalue weighted by Crippen LogP contribution is -2.37. The first-order chi connectivity index (χ1) is 8.83. The van der Waals surface area contributed by atoms with Crippen LogP contribution in [0, 0.1) is 5.92 Å². The van der Waals surface area contributed by atoms with Gasteiger partial charge in [-0.2, -0.15) is 0 Å². The maximum atomic E-state index is 5.46. The molecule has 3 heteroatoms. The van der Waals surface area contributed by atoms with E-state index in [0.29, 0.717) is 17.2 Å². The van der Waals surface area contributed by atoms with E-state index in [9.17, 15) is 0 Å². The Morgan fingerprint density at radius 2 is 2.33 bits per heavy atom. The molecule has 0 aliphatic carbocycles. The summed E-state index contributed by atoms with van der Waals surface area (Å²) >= 11 is 2.03. The van der Waals surface area contributed by atoms with Crippen LogP contribution in [0.2, 0.25) is 0 Å². The summed E-state index contributed by atoms with van der Waals surface area (Å²) in [6, 6.07) is 9.37. The Hall–Kier alpha value is -0.510. The molecule has 2 aliphatic rings. The maximum absolute atomic E-state index is 5.46. The van der Waals surface area contributed by atoms with Crippen LogP contribution in [-0.2, 0) is 11.2 Å². The number of hydrogen-bond donors (Lipinski definition) is 1. The molecule has 98 valence electrons. The van der Waals surface area contributed by atoms with E-state index in [2.05, 4.69) is 36.5 Å². The molecule has 1 saturated heterocycles. The van der Waals surface area contributed by atoms with Gasteiger partial charge in [0.05, 0.1) is 6.61 Å². The molecule has 3 rings (SSSR count). The van der Waals surface area contributed by atoms with Crippen molar-refractivity contribution in [1.82, 2.24) is 5.32 Å². The van der Waals surface area contributed by atoms with Crippen LogP contribution >= 0.6 is 11.8 Å². The van der Waals surface area contributed by atoms with Gasteiger partial charge in [-0.25, -0.2) is 0 Å². The fourth-order valence-corrected chi connectivity index (χ4v) is 4.06. The summed E-state index contributed by atoms with van der Waals surface area (Å²) in [6.45, 7) is 5.29. The van der Waals surface area contributed by atoms with Crippen molar-refractivity contribution in [2.75, 3.05) is 19.8 Å². The minimum Gasteiger partial charge on any atom is -0.381 e. The SMILES string of the molecule is CC(NCC1Cc2ccccc2S1)C1CCOC1. The number of thioether (sulfide) groups is 1. The summed E-state index contributed by atoms with van der Waals surface area (Å²) in [5.41, 5.74) is 1.52. The molecule has 0 radical (unpaired) electrons. The molecule has 1 aromatic rings. The van der Waals surface area contributed by atoms with E-state index in [0.717, 1.165) is 19.8 Å². The molecule has 0 saturated carbocycles. The quantitative estimate of drug-likeness (QED) is 0.902. The second-order valence-electron chi connectivity index (χ2n) is 5.37. The predicted octanol–water partition coefficient (Wildman–Crippen LogP) is 2.72. The van der Waals surface area contributed by atoms with Crippen molar-refractivity contribution in [3.8, 4) is 0 Å². The lowest BCUT2D eigenvalue weighted by atomic mass is 10.0. The van der Waals surface area contributed by atoms with Gasteiger partial charge in [0.15, 0.2) is 0 Å². The van der Waals surface area contributed by atoms with Crippen LogP contribution in [0.25, 0.3) is 0 Å². The molecule has 2 nitrogen and oxygen atoms in total. The number of benzene rings is 1. The first kappa shape index (κ1) is 12.5. The van der Waals surface area contributed by atoms with Gasteiger partial charge in [-0.3, -0.25) is 0 Å². The molecule has 1 fully saturated rings. The van der Waals surface area contributed by atoms with Gasteiger partial charge in [0.25, 0.3) is 0 Å². The predicted molar refractivity (Wildman–Crippen MR) is 76.2 cm³/mol. The normalized spacial score (nSPS) is 28.3. The smallest absolute Gasteiger partial charge is 0.0509 e. The second kappa shape index (κ2) is 5.64. The van der Waals surface area contributed by atoms with Crippen molar-refractivity contribution in [2.24, 2.45) is 5.92 Å². The highest BCUT2D eigenvalue weighted by molar-refractivity contribution is 8.00. The fraction of sp³-hybridized carbons (Fsp3) is 0.600. The first-order valence-corrected chi connectivity index (χ1v) is 7.76. The van der Waals surface area contributed by atoms with E-state index in [1.807, 2.05) is 11.8 Å². The second-order valence-corrected chi connectivity index (χ2v) is 6.71. The minimum atomic E-state index is 0.580. The lowest BCUT2D eigenvalue weighted by molar-refractivity contribution is 0.178. The molecule has 1 N–H and O–H groups in total. The Bertz CT molecular complexity index is 378. The third-order valence-corrected chi connectivity index (χ3v) is 5.37. The van der Waals surface area contributed by atoms with Crippen LogP contribution in [0.3, 0.4) is 0 Å². The molecular weight excluding hydrogens is 242 g/mol. The first-order valence-electron chi connectivity index (χ1n) is 6.88. The average molecular weight is 263 g/mol. The van der Waals surface area contributed by atoms with E-state index in [1.165, 1.54) is 23.3 Å². The van der Waals surface area contributed by atoms with Crippen LogP contribution < -0.4 is 5.32 Å². The summed E-state index contributed by atoms with van der Waals surface area (Å²) < 4.78 is 5.46. The van der Waals surface area contributed by atoms with Crippen molar-refractivity contribution in [3.05, 3.63) is 29.8 Å². The van der Waals surface area contributed by atoms with Crippen LogP contribution in [0.5, 0.6) is 0 Å². The van der Waals surface area contributed by atoms with Gasteiger partial charge in [0.2, 0.25) is 0 Å². The van der Waals surface area contributed by atoms with Crippen molar-refractivity contribution in [2.45, 2.75) is 36.0 Å². The van der Waals surface area contributed by atoms with E-state index in [-0.39, 0.29) is 0 Å². The molecule has 0 spiro atoms. The lowest BCUT2D eigenvalue weighted by Gasteiger charge is -2.21. The Kier molecular flexibility index (Phi) is 3.92. The third kappa shape index (κ3) is 2.73. The summed E-state index contributed by atoms with van der Waals surface area (Å²) in [5.74, 6) is 0.707. The average Bonchev–Trinajstić information content (AvgIpc) is 3.04. The number of nitrogens with one attached hydrogen (secondary N) is 1. The molecule has 3 unspecified atom stereocenters. The topological polar surface area (TPSA) is 21.3 Å². The van der Waals surface area contributed by atoms with Gasteiger partial charge in [-0.1, -0.05) is 18.2 Å². The van der Waals surface area contributed by atoms with Crippen molar-refractivity contribution in [1.29, 1.82) is 0 Å². The highest BCUT2D eigenvalue weighted by Crippen LogP contribution is 2.36. The zero-order chi connectivity index (χ0) is 12.4. The summed E-state index contributed by atoms with van der Waals surface area (Å²) in [6.07, 6.45) is 2.42. The largest absolute Gasteiger partial charge is 0.381 e. The Labute approximate surface area is 113 Å². The molecule has 2 aliphatic heterocycles. The van der Waals surface area contributed by atoms with Crippen molar-refractivity contribution >= 4 is 11.8 Å². The molecule has 0 aromatic heterocycles. The number of rotatable bonds is 4. The van der Waals surface area contributed by atoms with Gasteiger partial charge < -0.3 is 10.1 Å². The zero-order valence-electron chi connectivity index (χ0n) is 10.9. The van der Waals surface area contributed by atoms with Crippen molar-refractivity contribution in [3.63, 3.8) is 0 Å². The fourth-order valence-electron chi connectivity index (χ4n) is 2.80. The molecule has 0 amide bonds. The van der Waals surface area contributed by atoms with E-state index in [4.69, 9.17) is 4.74 Å². The van der Waals surface area contributed by atoms with Crippen LogP contribution in [0.4, 0.5) is 0 Å². The molecule has 18 heavy (non-hydrogen) atoms. The van der Waals surface area contributed by atoms with Crippen molar-refractivity contribution < 1.29 is 4.74 Å². The van der Waals surface area contributed by atoms with E-state index >= 15 is 0 Å². The summed E-state index contributed by atoms with van der Waals surface area (Å²) in [4.78, 5) is 1.47. The van der Waals surface area contributed by atoms with Gasteiger partial charge in [0, 0.05) is 29.3 Å². The monoisotopic (exact) mass is 263 g/mol. The summed E-state index contributed by atoms with van der Waals surface area (Å²) in [5, 5.41) is 4.40. The zero-order valence-corrected chi connectivity index (χ0v) is 11.7. The maximum Gasteiger partial charge on any atom is 0.0509 e. The van der Waals surface area contributed by atoms with Gasteiger partial charge in [-0.05, 0) is 37.3 Å². The van der Waals surface area contributed by atoms with Gasteiger partial charge in [-0.15, -0.1) is 11.8 Å². The molecule has 2 heterocycles. The molecule has 0 bridgehead atoms. The van der Waals surface area contributed by atoms with Gasteiger partial charge in [0.1, 0.15) is 0 Å². The summed E-state index contributed by atoms with van der Waals surface area (Å²) in [7, 11) is 0. The molecule has 1 aromatic carbocycles. The van der Waals surface area contributed by atoms with E-state index < -0.39 is 0 Å². The molecule has 3 atom stereocenters. The highest BCUT2D eigenvalue weighted by atomic mass is 32.2. The Balaban J connectivity index is 1.48. The highest BCUT2D eigenvalue weighted by Gasteiger charge is 2.25. The Morgan fingerprint density at radius 1 is 1.44 bits per heavy atom. The van der Waals surface area contributed by atoms with Crippen LogP contribution in [0.15, 0.2) is 29.2 Å². The van der Waals surface area contributed by atoms with Gasteiger partial charge >= 0.3 is 0 Å². The standard InChI is InChI=1S/C15H21NOS/c1-11(13-6-7-17-10-13)16-9-14-8-12-4-2-3-5-15(12)18-14/h2-5,11,13-14,16H,6-10H2,1H3. The van der Waals surface area contributed by atoms with E-state index in [1.54, 1.807) is 0 Å². The number of ether oxygens (including phenoxy) is 1. The molecular formula is C15H21NOS. The third-order valence-electron chi connectivity index (χ3n) is 4.05. The van der Waals surface area contributed by atoms with Crippen LogP contribution in [-0.4, -0.2) is 31.1 Å². The van der Waals surface area contributed by atoms with Crippen LogP contribution in [0.1, 0.15) is 18.9 Å². The Morgan fingerprint density at radius 3 is 3.11 bits per heavy atom. The number of hydrogen-bond acceptors (Lipinski definition) is 3.